The molecule has 2 bridgehead atoms. The van der Waals surface area contributed by atoms with Crippen molar-refractivity contribution in [1.82, 2.24) is 0 Å². The van der Waals surface area contributed by atoms with Crippen LogP contribution in [0.3, 0.4) is 0 Å². The van der Waals surface area contributed by atoms with Gasteiger partial charge in [-0.05, 0) is 36.2 Å². The third kappa shape index (κ3) is 3.88. The molecular weight excluding hydrogens is 444 g/mol. The Morgan fingerprint density at radius 3 is 2.46 bits per heavy atom. The number of aromatic hydroxyl groups is 1. The number of phenols is 1. The Balaban J connectivity index is 0.00000141. The molecule has 1 aliphatic heterocycles. The molecule has 0 spiro atoms. The molecule has 180 valence electrons. The zero-order chi connectivity index (χ0) is 25.4. The summed E-state index contributed by atoms with van der Waals surface area (Å²) in [6.45, 7) is 5.81. The van der Waals surface area contributed by atoms with Gasteiger partial charge >= 0.3 is 0 Å². The normalized spacial score (nSPS) is 24.1. The smallest absolute Gasteiger partial charge is 0.198 e. The van der Waals surface area contributed by atoms with Gasteiger partial charge in [0.2, 0.25) is 0 Å². The average Bonchev–Trinajstić information content (AvgIpc) is 2.91. The Morgan fingerprint density at radius 2 is 1.77 bits per heavy atom. The molecule has 3 aliphatic rings. The van der Waals surface area contributed by atoms with Gasteiger partial charge in [-0.15, -0.1) is 0 Å². The first-order valence-electron chi connectivity index (χ1n) is 11.7. The fourth-order valence-electron chi connectivity index (χ4n) is 5.15. The van der Waals surface area contributed by atoms with Crippen molar-refractivity contribution in [2.75, 3.05) is 5.32 Å². The second-order valence-corrected chi connectivity index (χ2v) is 8.58. The van der Waals surface area contributed by atoms with Gasteiger partial charge in [0, 0.05) is 29.5 Å². The van der Waals surface area contributed by atoms with Crippen LogP contribution in [0.1, 0.15) is 76.1 Å². The molecule has 7 nitrogen and oxygen atoms in total. The zero-order valence-electron chi connectivity index (χ0n) is 19.8. The molecule has 5 atom stereocenters. The molecule has 0 saturated carbocycles. The van der Waals surface area contributed by atoms with Crippen molar-refractivity contribution in [3.8, 4) is 29.4 Å². The summed E-state index contributed by atoms with van der Waals surface area (Å²) in [5.74, 6) is 9.05. The third-order valence-corrected chi connectivity index (χ3v) is 6.64. The molecule has 2 aromatic rings. The van der Waals surface area contributed by atoms with Crippen LogP contribution in [0.5, 0.6) is 5.75 Å². The molecule has 0 radical (unpaired) electrons. The molecule has 0 fully saturated rings. The highest BCUT2D eigenvalue weighted by Gasteiger charge is 2.46. The fourth-order valence-corrected chi connectivity index (χ4v) is 5.15. The minimum absolute atomic E-state index is 0.0388. The highest BCUT2D eigenvalue weighted by molar-refractivity contribution is 6.31. The van der Waals surface area contributed by atoms with Crippen LogP contribution in [0.4, 0.5) is 5.69 Å². The summed E-state index contributed by atoms with van der Waals surface area (Å²) in [6.07, 6.45) is -1.79. The number of rotatable bonds is 2. The SMILES string of the molecule is CC.CC(O)C1C2C#CCC#CC(O)C1c1cc(O)c3c(c1N2)C(=O)c1cc(CN)ccc1C3=O. The molecular formula is C28H28N2O5. The van der Waals surface area contributed by atoms with Crippen LogP contribution in [0, 0.1) is 29.6 Å². The van der Waals surface area contributed by atoms with Crippen molar-refractivity contribution in [3.05, 3.63) is 57.6 Å². The quantitative estimate of drug-likeness (QED) is 0.286. The minimum atomic E-state index is -1.17. The van der Waals surface area contributed by atoms with Crippen LogP contribution < -0.4 is 11.1 Å². The van der Waals surface area contributed by atoms with Gasteiger partial charge in [0.15, 0.2) is 11.6 Å². The standard InChI is InChI=1S/C26H22N2O5.C2H6/c1-12(29)20-17-5-3-2-4-6-18(30)21(20)16-10-19(31)22-23(24(16)28-17)26(33)15-9-13(11-27)7-8-14(15)25(22)32;1-2/h7-10,12,17-18,20-21,28-31H,2,11,27H2,1H3;1-2H3. The van der Waals surface area contributed by atoms with Crippen molar-refractivity contribution in [2.24, 2.45) is 11.7 Å². The van der Waals surface area contributed by atoms with E-state index in [9.17, 15) is 24.9 Å². The summed E-state index contributed by atoms with van der Waals surface area (Å²) in [5.41, 5.74) is 7.55. The number of carbonyl (C=O) groups excluding carboxylic acids is 2. The summed E-state index contributed by atoms with van der Waals surface area (Å²) >= 11 is 0. The van der Waals surface area contributed by atoms with E-state index in [1.807, 2.05) is 13.8 Å². The predicted molar refractivity (Wildman–Crippen MR) is 132 cm³/mol. The lowest BCUT2D eigenvalue weighted by molar-refractivity contribution is 0.0646. The van der Waals surface area contributed by atoms with Crippen molar-refractivity contribution in [1.29, 1.82) is 0 Å². The summed E-state index contributed by atoms with van der Waals surface area (Å²) in [4.78, 5) is 27.0. The van der Waals surface area contributed by atoms with E-state index in [1.54, 1.807) is 25.1 Å². The predicted octanol–water partition coefficient (Wildman–Crippen LogP) is 2.30. The minimum Gasteiger partial charge on any atom is -0.507 e. The maximum atomic E-state index is 13.7. The molecule has 2 aliphatic carbocycles. The van der Waals surface area contributed by atoms with E-state index in [2.05, 4.69) is 29.0 Å². The van der Waals surface area contributed by atoms with Gasteiger partial charge < -0.3 is 26.4 Å². The second kappa shape index (κ2) is 9.56. The van der Waals surface area contributed by atoms with Crippen LogP contribution >= 0.6 is 0 Å². The van der Waals surface area contributed by atoms with Crippen LogP contribution in [-0.4, -0.2) is 45.1 Å². The lowest BCUT2D eigenvalue weighted by Gasteiger charge is -2.42. The van der Waals surface area contributed by atoms with Crippen LogP contribution in [0.2, 0.25) is 0 Å². The van der Waals surface area contributed by atoms with E-state index >= 15 is 0 Å². The summed E-state index contributed by atoms with van der Waals surface area (Å²) in [7, 11) is 0. The number of anilines is 1. The number of ketones is 2. The fraction of sp³-hybridized carbons (Fsp3) is 0.357. The van der Waals surface area contributed by atoms with Crippen molar-refractivity contribution in [3.63, 3.8) is 0 Å². The van der Waals surface area contributed by atoms with Gasteiger partial charge in [0.25, 0.3) is 0 Å². The molecule has 1 heterocycles. The Hall–Kier alpha value is -3.62. The zero-order valence-corrected chi connectivity index (χ0v) is 19.8. The Labute approximate surface area is 204 Å². The van der Waals surface area contributed by atoms with E-state index in [0.717, 1.165) is 0 Å². The van der Waals surface area contributed by atoms with E-state index in [1.165, 1.54) is 6.07 Å². The Kier molecular flexibility index (Phi) is 6.69. The van der Waals surface area contributed by atoms with Gasteiger partial charge in [0.05, 0.1) is 35.4 Å². The number of carbonyl (C=O) groups is 2. The van der Waals surface area contributed by atoms with Gasteiger partial charge in [0.1, 0.15) is 11.9 Å². The third-order valence-electron chi connectivity index (χ3n) is 6.64. The highest BCUT2D eigenvalue weighted by atomic mass is 16.3. The summed E-state index contributed by atoms with van der Waals surface area (Å²) < 4.78 is 0. The molecule has 5 unspecified atom stereocenters. The second-order valence-electron chi connectivity index (χ2n) is 8.58. The van der Waals surface area contributed by atoms with Crippen LogP contribution in [0.25, 0.3) is 0 Å². The Bertz CT molecular complexity index is 1340. The van der Waals surface area contributed by atoms with Crippen LogP contribution in [0.15, 0.2) is 24.3 Å². The first kappa shape index (κ1) is 24.5. The van der Waals surface area contributed by atoms with Crippen molar-refractivity contribution in [2.45, 2.75) is 57.9 Å². The number of phenolic OH excluding ortho intramolecular Hbond substituents is 1. The van der Waals surface area contributed by atoms with E-state index in [0.29, 0.717) is 16.8 Å². The molecule has 6 N–H and O–H groups in total. The number of nitrogens with two attached hydrogens (primary N) is 1. The lowest BCUT2D eigenvalue weighted by atomic mass is 9.69. The van der Waals surface area contributed by atoms with Gasteiger partial charge in [-0.3, -0.25) is 9.59 Å². The van der Waals surface area contributed by atoms with Crippen molar-refractivity contribution >= 4 is 17.3 Å². The van der Waals surface area contributed by atoms with Gasteiger partial charge in [-0.1, -0.05) is 43.6 Å². The van der Waals surface area contributed by atoms with E-state index < -0.39 is 41.7 Å². The highest BCUT2D eigenvalue weighted by Crippen LogP contribution is 2.49. The Morgan fingerprint density at radius 1 is 1.09 bits per heavy atom. The number of aliphatic hydroxyl groups is 2. The number of fused-ring (bicyclic) bond motifs is 7. The molecule has 35 heavy (non-hydrogen) atoms. The number of hydrogen-bond acceptors (Lipinski definition) is 7. The molecule has 5 rings (SSSR count). The summed E-state index contributed by atoms with van der Waals surface area (Å²) in [6, 6.07) is 5.61. The van der Waals surface area contributed by atoms with Crippen molar-refractivity contribution < 1.29 is 24.9 Å². The molecule has 0 amide bonds. The van der Waals surface area contributed by atoms with Gasteiger partial charge in [-0.25, -0.2) is 0 Å². The monoisotopic (exact) mass is 472 g/mol. The molecule has 0 aromatic heterocycles. The number of nitrogens with one attached hydrogen (secondary N) is 1. The van der Waals surface area contributed by atoms with E-state index in [4.69, 9.17) is 5.73 Å². The average molecular weight is 473 g/mol. The topological polar surface area (TPSA) is 133 Å². The summed E-state index contributed by atoms with van der Waals surface area (Å²) in [5, 5.41) is 35.6. The largest absolute Gasteiger partial charge is 0.507 e. The maximum Gasteiger partial charge on any atom is 0.198 e. The van der Waals surface area contributed by atoms with Crippen LogP contribution in [-0.2, 0) is 6.54 Å². The van der Waals surface area contributed by atoms with E-state index in [-0.39, 0.29) is 41.0 Å². The molecule has 0 saturated heterocycles. The molecule has 2 aromatic carbocycles. The number of hydrogen-bond donors (Lipinski definition) is 5. The number of aliphatic hydroxyl groups excluding tert-OH is 2. The maximum absolute atomic E-state index is 13.7. The lowest BCUT2D eigenvalue weighted by Crippen LogP contribution is -2.47. The first-order chi connectivity index (χ1) is 16.8. The number of benzene rings is 2. The molecule has 7 heteroatoms. The first-order valence-corrected chi connectivity index (χ1v) is 11.7. The van der Waals surface area contributed by atoms with Gasteiger partial charge in [-0.2, -0.15) is 0 Å².